The quantitative estimate of drug-likeness (QED) is 0.629. The van der Waals surface area contributed by atoms with Gasteiger partial charge in [0.15, 0.2) is 0 Å². The van der Waals surface area contributed by atoms with Crippen LogP contribution in [0.5, 0.6) is 0 Å². The third-order valence-corrected chi connectivity index (χ3v) is 4.82. The van der Waals surface area contributed by atoms with E-state index in [9.17, 15) is 4.79 Å². The zero-order valence-corrected chi connectivity index (χ0v) is 11.5. The fourth-order valence-corrected chi connectivity index (χ4v) is 3.74. The van der Waals surface area contributed by atoms with Gasteiger partial charge in [0.05, 0.1) is 0 Å². The molecule has 0 radical (unpaired) electrons. The second-order valence-electron chi connectivity index (χ2n) is 6.25. The SMILES string of the molecule is CCCC[C@@H](C)CC(=O)[C@H]1[C@H](C)[C@H]2C=C[C@@H]1C2. The van der Waals surface area contributed by atoms with Gasteiger partial charge < -0.3 is 0 Å². The van der Waals surface area contributed by atoms with Crippen LogP contribution >= 0.6 is 0 Å². The van der Waals surface area contributed by atoms with E-state index in [0.29, 0.717) is 35.4 Å². The largest absolute Gasteiger partial charge is 0.299 e. The second-order valence-corrected chi connectivity index (χ2v) is 6.25. The Labute approximate surface area is 106 Å². The highest BCUT2D eigenvalue weighted by Crippen LogP contribution is 2.48. The third-order valence-electron chi connectivity index (χ3n) is 4.82. The number of allylic oxidation sites excluding steroid dienone is 2. The lowest BCUT2D eigenvalue weighted by Crippen LogP contribution is -2.27. The van der Waals surface area contributed by atoms with Crippen LogP contribution in [-0.4, -0.2) is 5.78 Å². The number of rotatable bonds is 6. The molecule has 0 aromatic heterocycles. The Hall–Kier alpha value is -0.590. The Morgan fingerprint density at radius 3 is 2.65 bits per heavy atom. The molecule has 2 bridgehead atoms. The van der Waals surface area contributed by atoms with Gasteiger partial charge in [-0.15, -0.1) is 0 Å². The number of fused-ring (bicyclic) bond motifs is 2. The average molecular weight is 234 g/mol. The Kier molecular flexibility index (Phi) is 4.06. The van der Waals surface area contributed by atoms with E-state index in [1.807, 2.05) is 0 Å². The number of hydrogen-bond acceptors (Lipinski definition) is 1. The molecular weight excluding hydrogens is 208 g/mol. The minimum Gasteiger partial charge on any atom is -0.299 e. The van der Waals surface area contributed by atoms with Crippen molar-refractivity contribution in [1.29, 1.82) is 0 Å². The predicted octanol–water partition coefficient (Wildman–Crippen LogP) is 4.23. The fourth-order valence-electron chi connectivity index (χ4n) is 3.74. The first-order valence-electron chi connectivity index (χ1n) is 7.34. The van der Waals surface area contributed by atoms with Gasteiger partial charge in [-0.1, -0.05) is 52.2 Å². The Morgan fingerprint density at radius 1 is 1.35 bits per heavy atom. The van der Waals surface area contributed by atoms with Crippen LogP contribution in [0, 0.1) is 29.6 Å². The van der Waals surface area contributed by atoms with Gasteiger partial charge in [0.2, 0.25) is 0 Å². The number of carbonyl (C=O) groups excluding carboxylic acids is 1. The van der Waals surface area contributed by atoms with Gasteiger partial charge in [-0.3, -0.25) is 4.79 Å². The molecule has 0 aliphatic heterocycles. The number of hydrogen-bond donors (Lipinski definition) is 0. The van der Waals surface area contributed by atoms with Gasteiger partial charge in [-0.2, -0.15) is 0 Å². The third kappa shape index (κ3) is 2.64. The summed E-state index contributed by atoms with van der Waals surface area (Å²) >= 11 is 0. The normalized spacial score (nSPS) is 36.4. The Balaban J connectivity index is 1.86. The molecule has 1 heteroatoms. The summed E-state index contributed by atoms with van der Waals surface area (Å²) in [7, 11) is 0. The summed E-state index contributed by atoms with van der Waals surface area (Å²) in [5.74, 6) is 3.32. The van der Waals surface area contributed by atoms with Crippen molar-refractivity contribution in [2.45, 2.75) is 52.9 Å². The van der Waals surface area contributed by atoms with E-state index >= 15 is 0 Å². The first-order chi connectivity index (χ1) is 8.13. The van der Waals surface area contributed by atoms with Crippen LogP contribution in [0.4, 0.5) is 0 Å². The van der Waals surface area contributed by atoms with Gasteiger partial charge >= 0.3 is 0 Å². The molecule has 5 atom stereocenters. The average Bonchev–Trinajstić information content (AvgIpc) is 2.86. The van der Waals surface area contributed by atoms with E-state index in [1.165, 1.54) is 25.7 Å². The smallest absolute Gasteiger partial charge is 0.137 e. The number of Topliss-reactive ketones (excluding diaryl/α,β-unsaturated/α-hetero) is 1. The van der Waals surface area contributed by atoms with E-state index in [2.05, 4.69) is 32.9 Å². The van der Waals surface area contributed by atoms with Crippen molar-refractivity contribution in [3.05, 3.63) is 12.2 Å². The summed E-state index contributed by atoms with van der Waals surface area (Å²) in [6.45, 7) is 6.73. The van der Waals surface area contributed by atoms with E-state index in [-0.39, 0.29) is 0 Å². The molecule has 1 nitrogen and oxygen atoms in total. The van der Waals surface area contributed by atoms with Gasteiger partial charge in [0, 0.05) is 12.3 Å². The van der Waals surface area contributed by atoms with Crippen molar-refractivity contribution in [3.63, 3.8) is 0 Å². The molecule has 2 aliphatic carbocycles. The van der Waals surface area contributed by atoms with Crippen LogP contribution in [0.25, 0.3) is 0 Å². The molecule has 0 saturated heterocycles. The summed E-state index contributed by atoms with van der Waals surface area (Å²) in [5, 5.41) is 0. The molecule has 17 heavy (non-hydrogen) atoms. The molecule has 0 amide bonds. The maximum Gasteiger partial charge on any atom is 0.137 e. The van der Waals surface area contributed by atoms with E-state index < -0.39 is 0 Å². The van der Waals surface area contributed by atoms with Crippen LogP contribution in [-0.2, 0) is 4.79 Å². The van der Waals surface area contributed by atoms with Crippen LogP contribution in [0.1, 0.15) is 52.9 Å². The molecule has 2 rings (SSSR count). The van der Waals surface area contributed by atoms with Crippen LogP contribution in [0.15, 0.2) is 12.2 Å². The molecule has 0 unspecified atom stereocenters. The van der Waals surface area contributed by atoms with Crippen molar-refractivity contribution in [2.24, 2.45) is 29.6 Å². The Morgan fingerprint density at radius 2 is 2.06 bits per heavy atom. The molecule has 0 spiro atoms. The minimum atomic E-state index is 0.342. The summed E-state index contributed by atoms with van der Waals surface area (Å²) in [5.41, 5.74) is 0. The van der Waals surface area contributed by atoms with Gasteiger partial charge in [0.1, 0.15) is 5.78 Å². The molecule has 96 valence electrons. The van der Waals surface area contributed by atoms with Crippen LogP contribution in [0.3, 0.4) is 0 Å². The van der Waals surface area contributed by atoms with Crippen molar-refractivity contribution in [2.75, 3.05) is 0 Å². The number of carbonyl (C=O) groups is 1. The standard InChI is InChI=1S/C16H26O/c1-4-5-6-11(2)9-15(17)16-12(3)13-7-8-14(16)10-13/h7-8,11-14,16H,4-6,9-10H2,1-3H3/t11-,12-,13+,14-,16+/m1/s1. The van der Waals surface area contributed by atoms with Gasteiger partial charge in [0.25, 0.3) is 0 Å². The van der Waals surface area contributed by atoms with E-state index in [0.717, 1.165) is 6.42 Å². The summed E-state index contributed by atoms with van der Waals surface area (Å²) in [6.07, 6.45) is 10.4. The summed E-state index contributed by atoms with van der Waals surface area (Å²) in [4.78, 5) is 12.4. The lowest BCUT2D eigenvalue weighted by molar-refractivity contribution is -0.125. The van der Waals surface area contributed by atoms with Gasteiger partial charge in [-0.25, -0.2) is 0 Å². The molecule has 2 aliphatic rings. The molecule has 0 N–H and O–H groups in total. The van der Waals surface area contributed by atoms with Gasteiger partial charge in [-0.05, 0) is 30.1 Å². The highest BCUT2D eigenvalue weighted by atomic mass is 16.1. The highest BCUT2D eigenvalue weighted by Gasteiger charge is 2.45. The zero-order chi connectivity index (χ0) is 12.4. The summed E-state index contributed by atoms with van der Waals surface area (Å²) in [6, 6.07) is 0. The van der Waals surface area contributed by atoms with Crippen molar-refractivity contribution < 1.29 is 4.79 Å². The first-order valence-corrected chi connectivity index (χ1v) is 7.34. The molecule has 0 aromatic rings. The molecular formula is C16H26O. The van der Waals surface area contributed by atoms with Crippen LogP contribution < -0.4 is 0 Å². The fraction of sp³-hybridized carbons (Fsp3) is 0.812. The Bertz CT molecular complexity index is 305. The van der Waals surface area contributed by atoms with Crippen molar-refractivity contribution >= 4 is 5.78 Å². The van der Waals surface area contributed by atoms with E-state index in [1.54, 1.807) is 0 Å². The maximum absolute atomic E-state index is 12.4. The molecule has 0 aromatic carbocycles. The zero-order valence-electron chi connectivity index (χ0n) is 11.5. The maximum atomic E-state index is 12.4. The monoisotopic (exact) mass is 234 g/mol. The second kappa shape index (κ2) is 5.37. The topological polar surface area (TPSA) is 17.1 Å². The minimum absolute atomic E-state index is 0.342. The molecule has 1 fully saturated rings. The lowest BCUT2D eigenvalue weighted by atomic mass is 9.79. The highest BCUT2D eigenvalue weighted by molar-refractivity contribution is 5.82. The molecule has 0 heterocycles. The first kappa shape index (κ1) is 12.9. The predicted molar refractivity (Wildman–Crippen MR) is 71.7 cm³/mol. The van der Waals surface area contributed by atoms with E-state index in [4.69, 9.17) is 0 Å². The lowest BCUT2D eigenvalue weighted by Gasteiger charge is -2.24. The van der Waals surface area contributed by atoms with Crippen molar-refractivity contribution in [3.8, 4) is 0 Å². The summed E-state index contributed by atoms with van der Waals surface area (Å²) < 4.78 is 0. The van der Waals surface area contributed by atoms with Crippen LogP contribution in [0.2, 0.25) is 0 Å². The number of ketones is 1. The van der Waals surface area contributed by atoms with Crippen molar-refractivity contribution in [1.82, 2.24) is 0 Å². The number of unbranched alkanes of at least 4 members (excludes halogenated alkanes) is 1. The molecule has 1 saturated carbocycles.